The van der Waals surface area contributed by atoms with Gasteiger partial charge in [0.15, 0.2) is 0 Å². The number of likely N-dealkylation sites (tertiary alicyclic amines) is 3. The summed E-state index contributed by atoms with van der Waals surface area (Å²) in [5, 5.41) is 3.48. The number of hydrogen-bond donors (Lipinski definition) is 1. The van der Waals surface area contributed by atoms with Gasteiger partial charge in [0.1, 0.15) is 0 Å². The number of nitrogens with one attached hydrogen (secondary N) is 1. The molecule has 1 N–H and O–H groups in total. The van der Waals surface area contributed by atoms with Crippen LogP contribution in [0, 0.1) is 11.3 Å². The predicted molar refractivity (Wildman–Crippen MR) is 101 cm³/mol. The molecule has 146 valence electrons. The fourth-order valence-corrected chi connectivity index (χ4v) is 5.57. The molecule has 0 saturated carbocycles. The first-order chi connectivity index (χ1) is 12.6. The van der Waals surface area contributed by atoms with Crippen LogP contribution in [0.3, 0.4) is 0 Å². The molecule has 26 heavy (non-hydrogen) atoms. The molecule has 6 heteroatoms. The summed E-state index contributed by atoms with van der Waals surface area (Å²) in [6, 6.07) is 0.488. The van der Waals surface area contributed by atoms with E-state index in [-0.39, 0.29) is 17.7 Å². The van der Waals surface area contributed by atoms with Gasteiger partial charge in [-0.2, -0.15) is 0 Å². The van der Waals surface area contributed by atoms with Gasteiger partial charge in [-0.1, -0.05) is 6.92 Å². The highest BCUT2D eigenvalue weighted by Gasteiger charge is 2.42. The van der Waals surface area contributed by atoms with Crippen molar-refractivity contribution in [3.63, 3.8) is 0 Å². The van der Waals surface area contributed by atoms with Crippen LogP contribution in [0.1, 0.15) is 45.4 Å². The molecule has 0 bridgehead atoms. The molecule has 6 nitrogen and oxygen atoms in total. The Morgan fingerprint density at radius 1 is 1.23 bits per heavy atom. The van der Waals surface area contributed by atoms with Crippen molar-refractivity contribution in [2.45, 2.75) is 51.5 Å². The maximum absolute atomic E-state index is 13.0. The van der Waals surface area contributed by atoms with Crippen molar-refractivity contribution >= 4 is 11.8 Å². The fraction of sp³-hybridized carbons (Fsp3) is 0.900. The van der Waals surface area contributed by atoms with Gasteiger partial charge < -0.3 is 15.1 Å². The lowest BCUT2D eigenvalue weighted by Gasteiger charge is -2.39. The molecule has 0 aromatic heterocycles. The number of amides is 2. The highest BCUT2D eigenvalue weighted by Crippen LogP contribution is 2.37. The number of carbonyl (C=O) groups is 2. The van der Waals surface area contributed by atoms with Gasteiger partial charge in [0.2, 0.25) is 11.8 Å². The van der Waals surface area contributed by atoms with Crippen molar-refractivity contribution in [1.29, 1.82) is 0 Å². The van der Waals surface area contributed by atoms with Gasteiger partial charge in [-0.15, -0.1) is 0 Å². The standard InChI is InChI=1S/C20H34N4O2/c1-2-22-9-3-4-17(22)14-24-13-16(12-18(24)25)19(26)23-10-6-20(7-11-23)5-8-21-15-20/h16-17,21H,2-15H2,1H3. The van der Waals surface area contributed by atoms with Crippen LogP contribution in [-0.2, 0) is 9.59 Å². The van der Waals surface area contributed by atoms with Gasteiger partial charge in [0.05, 0.1) is 5.92 Å². The predicted octanol–water partition coefficient (Wildman–Crippen LogP) is 0.921. The summed E-state index contributed by atoms with van der Waals surface area (Å²) in [6.45, 7) is 9.82. The van der Waals surface area contributed by atoms with Gasteiger partial charge >= 0.3 is 0 Å². The Labute approximate surface area is 157 Å². The van der Waals surface area contributed by atoms with Crippen LogP contribution in [0.15, 0.2) is 0 Å². The molecule has 0 aliphatic carbocycles. The first-order valence-corrected chi connectivity index (χ1v) is 10.6. The van der Waals surface area contributed by atoms with E-state index in [2.05, 4.69) is 17.1 Å². The SMILES string of the molecule is CCN1CCCC1CN1CC(C(=O)N2CCC3(CCNC3)CC2)CC1=O. The minimum Gasteiger partial charge on any atom is -0.342 e. The van der Waals surface area contributed by atoms with E-state index in [9.17, 15) is 9.59 Å². The molecule has 0 radical (unpaired) electrons. The van der Waals surface area contributed by atoms with Crippen molar-refractivity contribution in [3.05, 3.63) is 0 Å². The largest absolute Gasteiger partial charge is 0.342 e. The summed E-state index contributed by atoms with van der Waals surface area (Å²) in [7, 11) is 0. The Morgan fingerprint density at radius 3 is 2.73 bits per heavy atom. The van der Waals surface area contributed by atoms with Crippen LogP contribution in [0.5, 0.6) is 0 Å². The third kappa shape index (κ3) is 3.50. The number of carbonyl (C=O) groups excluding carboxylic acids is 2. The van der Waals surface area contributed by atoms with Crippen LogP contribution < -0.4 is 5.32 Å². The first kappa shape index (κ1) is 18.2. The summed E-state index contributed by atoms with van der Waals surface area (Å²) in [5.41, 5.74) is 0.431. The molecule has 4 saturated heterocycles. The average Bonchev–Trinajstić information content (AvgIpc) is 3.37. The number of piperidine rings is 1. The van der Waals surface area contributed by atoms with E-state index in [1.807, 2.05) is 9.80 Å². The maximum Gasteiger partial charge on any atom is 0.227 e. The summed E-state index contributed by atoms with van der Waals surface area (Å²) < 4.78 is 0. The zero-order valence-corrected chi connectivity index (χ0v) is 16.2. The molecular formula is C20H34N4O2. The third-order valence-electron chi connectivity index (χ3n) is 7.37. The molecule has 2 amide bonds. The number of nitrogens with zero attached hydrogens (tertiary/aromatic N) is 3. The first-order valence-electron chi connectivity index (χ1n) is 10.6. The van der Waals surface area contributed by atoms with E-state index in [1.54, 1.807) is 0 Å². The van der Waals surface area contributed by atoms with Crippen LogP contribution in [-0.4, -0.2) is 84.9 Å². The average molecular weight is 363 g/mol. The van der Waals surface area contributed by atoms with E-state index in [4.69, 9.17) is 0 Å². The topological polar surface area (TPSA) is 55.9 Å². The maximum atomic E-state index is 13.0. The summed E-state index contributed by atoms with van der Waals surface area (Å²) in [5.74, 6) is 0.287. The second-order valence-corrected chi connectivity index (χ2v) is 8.88. The van der Waals surface area contributed by atoms with Crippen LogP contribution >= 0.6 is 0 Å². The van der Waals surface area contributed by atoms with Gasteiger partial charge in [0.25, 0.3) is 0 Å². The lowest BCUT2D eigenvalue weighted by molar-refractivity contribution is -0.138. The van der Waals surface area contributed by atoms with Gasteiger partial charge in [-0.25, -0.2) is 0 Å². The zero-order chi connectivity index (χ0) is 18.1. The van der Waals surface area contributed by atoms with E-state index in [0.717, 1.165) is 58.7 Å². The fourth-order valence-electron chi connectivity index (χ4n) is 5.57. The lowest BCUT2D eigenvalue weighted by Crippen LogP contribution is -2.46. The summed E-state index contributed by atoms with van der Waals surface area (Å²) in [6.07, 6.45) is 6.31. The quantitative estimate of drug-likeness (QED) is 0.808. The number of likely N-dealkylation sites (N-methyl/N-ethyl adjacent to an activating group) is 1. The molecule has 4 rings (SSSR count). The van der Waals surface area contributed by atoms with E-state index >= 15 is 0 Å². The van der Waals surface area contributed by atoms with Crippen molar-refractivity contribution < 1.29 is 9.59 Å². The Kier molecular flexibility index (Phi) is 5.24. The highest BCUT2D eigenvalue weighted by atomic mass is 16.2. The Bertz CT molecular complexity index is 536. The smallest absolute Gasteiger partial charge is 0.227 e. The normalized spacial score (nSPS) is 32.1. The number of hydrogen-bond acceptors (Lipinski definition) is 4. The van der Waals surface area contributed by atoms with Crippen LogP contribution in [0.25, 0.3) is 0 Å². The second-order valence-electron chi connectivity index (χ2n) is 8.88. The molecule has 4 aliphatic rings. The van der Waals surface area contributed by atoms with Crippen molar-refractivity contribution in [1.82, 2.24) is 20.0 Å². The molecule has 2 unspecified atom stereocenters. The molecule has 2 atom stereocenters. The summed E-state index contributed by atoms with van der Waals surface area (Å²) >= 11 is 0. The molecule has 4 fully saturated rings. The Morgan fingerprint density at radius 2 is 2.04 bits per heavy atom. The van der Waals surface area contributed by atoms with E-state index in [1.165, 1.54) is 19.3 Å². The molecule has 4 aliphatic heterocycles. The second kappa shape index (κ2) is 7.47. The molecule has 4 heterocycles. The number of rotatable bonds is 4. The Balaban J connectivity index is 1.30. The highest BCUT2D eigenvalue weighted by molar-refractivity contribution is 5.89. The van der Waals surface area contributed by atoms with Crippen molar-refractivity contribution in [3.8, 4) is 0 Å². The van der Waals surface area contributed by atoms with Crippen LogP contribution in [0.2, 0.25) is 0 Å². The third-order valence-corrected chi connectivity index (χ3v) is 7.37. The minimum atomic E-state index is -0.116. The lowest BCUT2D eigenvalue weighted by atomic mass is 9.77. The molecular weight excluding hydrogens is 328 g/mol. The van der Waals surface area contributed by atoms with Gasteiger partial charge in [0, 0.05) is 45.2 Å². The molecule has 0 aromatic rings. The molecule has 1 spiro atoms. The van der Waals surface area contributed by atoms with Crippen molar-refractivity contribution in [2.75, 3.05) is 52.4 Å². The zero-order valence-electron chi connectivity index (χ0n) is 16.2. The molecule has 0 aromatic carbocycles. The van der Waals surface area contributed by atoms with Crippen LogP contribution in [0.4, 0.5) is 0 Å². The summed E-state index contributed by atoms with van der Waals surface area (Å²) in [4.78, 5) is 31.9. The minimum absolute atomic E-state index is 0.116. The van der Waals surface area contributed by atoms with Gasteiger partial charge in [-0.3, -0.25) is 14.5 Å². The van der Waals surface area contributed by atoms with E-state index in [0.29, 0.717) is 24.4 Å². The van der Waals surface area contributed by atoms with Crippen molar-refractivity contribution in [2.24, 2.45) is 11.3 Å². The van der Waals surface area contributed by atoms with Gasteiger partial charge in [-0.05, 0) is 57.2 Å². The Hall–Kier alpha value is -1.14. The monoisotopic (exact) mass is 362 g/mol. The van der Waals surface area contributed by atoms with E-state index < -0.39 is 0 Å².